The molecule has 0 radical (unpaired) electrons. The second kappa shape index (κ2) is 4.65. The molecular formula is C13H17NO3. The van der Waals surface area contributed by atoms with Crippen molar-refractivity contribution in [3.05, 3.63) is 23.8 Å². The van der Waals surface area contributed by atoms with Gasteiger partial charge in [-0.25, -0.2) is 0 Å². The minimum Gasteiger partial charge on any atom is -0.504 e. The minimum absolute atomic E-state index is 0.00708. The van der Waals surface area contributed by atoms with Gasteiger partial charge in [-0.05, 0) is 30.5 Å². The number of aromatic hydroxyl groups is 1. The second-order valence-electron chi connectivity index (χ2n) is 4.53. The predicted molar refractivity (Wildman–Crippen MR) is 64.3 cm³/mol. The molecule has 4 nitrogen and oxygen atoms in total. The Morgan fingerprint density at radius 2 is 2.29 bits per heavy atom. The number of likely N-dealkylation sites (tertiary alicyclic amines) is 1. The number of phenolic OH excluding ortho intramolecular Hbond substituents is 1. The Labute approximate surface area is 101 Å². The highest BCUT2D eigenvalue weighted by atomic mass is 16.5. The molecule has 4 heteroatoms. The highest BCUT2D eigenvalue weighted by Crippen LogP contribution is 2.27. The summed E-state index contributed by atoms with van der Waals surface area (Å²) in [4.78, 5) is 14.0. The van der Waals surface area contributed by atoms with Crippen molar-refractivity contribution >= 4 is 5.91 Å². The van der Waals surface area contributed by atoms with Crippen molar-refractivity contribution < 1.29 is 14.6 Å². The molecule has 1 aliphatic heterocycles. The molecule has 0 saturated carbocycles. The first-order valence-electron chi connectivity index (χ1n) is 5.78. The fourth-order valence-electron chi connectivity index (χ4n) is 2.11. The molecule has 2 rings (SSSR count). The van der Waals surface area contributed by atoms with E-state index in [1.807, 2.05) is 4.90 Å². The van der Waals surface area contributed by atoms with Crippen molar-refractivity contribution in [3.8, 4) is 11.5 Å². The molecule has 1 N–H and O–H groups in total. The van der Waals surface area contributed by atoms with Gasteiger partial charge < -0.3 is 14.7 Å². The van der Waals surface area contributed by atoms with Gasteiger partial charge in [-0.15, -0.1) is 0 Å². The fourth-order valence-corrected chi connectivity index (χ4v) is 2.11. The summed E-state index contributed by atoms with van der Waals surface area (Å²) in [6.45, 7) is 3.76. The number of hydrogen-bond donors (Lipinski definition) is 1. The van der Waals surface area contributed by atoms with Crippen molar-refractivity contribution in [2.45, 2.75) is 13.3 Å². The number of hydrogen-bond acceptors (Lipinski definition) is 3. The molecule has 0 aromatic heterocycles. The van der Waals surface area contributed by atoms with E-state index in [4.69, 9.17) is 4.74 Å². The summed E-state index contributed by atoms with van der Waals surface area (Å²) in [5.41, 5.74) is 0.564. The molecule has 1 aromatic carbocycles. The third-order valence-electron chi connectivity index (χ3n) is 3.14. The molecule has 1 aromatic rings. The monoisotopic (exact) mass is 235 g/mol. The summed E-state index contributed by atoms with van der Waals surface area (Å²) in [6.07, 6.45) is 1.06. The number of phenols is 1. The first-order valence-corrected chi connectivity index (χ1v) is 5.78. The highest BCUT2D eigenvalue weighted by Gasteiger charge is 2.24. The normalized spacial score (nSPS) is 19.4. The maximum absolute atomic E-state index is 12.2. The summed E-state index contributed by atoms with van der Waals surface area (Å²) in [7, 11) is 1.47. The van der Waals surface area contributed by atoms with E-state index in [0.29, 0.717) is 17.2 Å². The zero-order valence-corrected chi connectivity index (χ0v) is 10.1. The molecular weight excluding hydrogens is 218 g/mol. The number of methoxy groups -OCH3 is 1. The lowest BCUT2D eigenvalue weighted by molar-refractivity contribution is 0.0787. The van der Waals surface area contributed by atoms with Gasteiger partial charge in [0.2, 0.25) is 0 Å². The van der Waals surface area contributed by atoms with Crippen molar-refractivity contribution in [3.63, 3.8) is 0 Å². The molecule has 1 fully saturated rings. The van der Waals surface area contributed by atoms with Crippen LogP contribution in [0.15, 0.2) is 18.2 Å². The van der Waals surface area contributed by atoms with Crippen molar-refractivity contribution in [2.75, 3.05) is 20.2 Å². The quantitative estimate of drug-likeness (QED) is 0.851. The Hall–Kier alpha value is -1.71. The first kappa shape index (κ1) is 11.8. The maximum atomic E-state index is 12.2. The average molecular weight is 235 g/mol. The highest BCUT2D eigenvalue weighted by molar-refractivity contribution is 5.95. The lowest BCUT2D eigenvalue weighted by Crippen LogP contribution is -2.28. The van der Waals surface area contributed by atoms with Crippen LogP contribution in [0.4, 0.5) is 0 Å². The molecule has 0 aliphatic carbocycles. The Bertz CT molecular complexity index is 431. The molecule has 1 unspecified atom stereocenters. The van der Waals surface area contributed by atoms with E-state index in [1.54, 1.807) is 12.1 Å². The SMILES string of the molecule is COc1cc(C(=O)N2CCC(C)C2)ccc1O. The van der Waals surface area contributed by atoms with Gasteiger partial charge in [0.1, 0.15) is 0 Å². The van der Waals surface area contributed by atoms with Crippen LogP contribution in [0.2, 0.25) is 0 Å². The standard InChI is InChI=1S/C13H17NO3/c1-9-5-6-14(8-9)13(16)10-3-4-11(15)12(7-10)17-2/h3-4,7,9,15H,5-6,8H2,1-2H3. The Balaban J connectivity index is 2.19. The molecule has 92 valence electrons. The van der Waals surface area contributed by atoms with Gasteiger partial charge in [0, 0.05) is 18.7 Å². The lowest BCUT2D eigenvalue weighted by Gasteiger charge is -2.16. The number of amides is 1. The summed E-state index contributed by atoms with van der Waals surface area (Å²) >= 11 is 0. The number of carbonyl (C=O) groups is 1. The Morgan fingerprint density at radius 3 is 2.88 bits per heavy atom. The lowest BCUT2D eigenvalue weighted by atomic mass is 10.1. The van der Waals surface area contributed by atoms with E-state index in [-0.39, 0.29) is 11.7 Å². The van der Waals surface area contributed by atoms with E-state index < -0.39 is 0 Å². The summed E-state index contributed by atoms with van der Waals surface area (Å²) in [6, 6.07) is 4.70. The van der Waals surface area contributed by atoms with Crippen LogP contribution in [-0.4, -0.2) is 36.1 Å². The molecule has 0 bridgehead atoms. The third-order valence-corrected chi connectivity index (χ3v) is 3.14. The van der Waals surface area contributed by atoms with Gasteiger partial charge in [0.05, 0.1) is 7.11 Å². The third kappa shape index (κ3) is 2.35. The summed E-state index contributed by atoms with van der Waals surface area (Å²) < 4.78 is 5.00. The molecule has 1 aliphatic rings. The number of nitrogens with zero attached hydrogens (tertiary/aromatic N) is 1. The van der Waals surface area contributed by atoms with Crippen LogP contribution < -0.4 is 4.74 Å². The van der Waals surface area contributed by atoms with Crippen molar-refractivity contribution in [2.24, 2.45) is 5.92 Å². The van der Waals surface area contributed by atoms with Gasteiger partial charge in [-0.3, -0.25) is 4.79 Å². The zero-order chi connectivity index (χ0) is 12.4. The van der Waals surface area contributed by atoms with Crippen LogP contribution in [-0.2, 0) is 0 Å². The van der Waals surface area contributed by atoms with Crippen LogP contribution in [0.1, 0.15) is 23.7 Å². The van der Waals surface area contributed by atoms with E-state index in [2.05, 4.69) is 6.92 Å². The molecule has 17 heavy (non-hydrogen) atoms. The van der Waals surface area contributed by atoms with E-state index in [0.717, 1.165) is 19.5 Å². The van der Waals surface area contributed by atoms with Crippen molar-refractivity contribution in [1.29, 1.82) is 0 Å². The van der Waals surface area contributed by atoms with Gasteiger partial charge in [-0.2, -0.15) is 0 Å². The topological polar surface area (TPSA) is 49.8 Å². The van der Waals surface area contributed by atoms with Gasteiger partial charge in [0.15, 0.2) is 11.5 Å². The van der Waals surface area contributed by atoms with Gasteiger partial charge in [-0.1, -0.05) is 6.92 Å². The fraction of sp³-hybridized carbons (Fsp3) is 0.462. The number of ether oxygens (including phenoxy) is 1. The molecule has 1 saturated heterocycles. The Kier molecular flexibility index (Phi) is 3.22. The summed E-state index contributed by atoms with van der Waals surface area (Å²) in [5, 5.41) is 9.47. The van der Waals surface area contributed by atoms with E-state index >= 15 is 0 Å². The molecule has 1 atom stereocenters. The first-order chi connectivity index (χ1) is 8.11. The summed E-state index contributed by atoms with van der Waals surface area (Å²) in [5.74, 6) is 0.965. The largest absolute Gasteiger partial charge is 0.504 e. The van der Waals surface area contributed by atoms with Gasteiger partial charge >= 0.3 is 0 Å². The van der Waals surface area contributed by atoms with Crippen molar-refractivity contribution in [1.82, 2.24) is 4.90 Å². The van der Waals surface area contributed by atoms with Crippen LogP contribution in [0.5, 0.6) is 11.5 Å². The van der Waals surface area contributed by atoms with Crippen LogP contribution in [0.3, 0.4) is 0 Å². The van der Waals surface area contributed by atoms with Gasteiger partial charge in [0.25, 0.3) is 5.91 Å². The molecule has 0 spiro atoms. The predicted octanol–water partition coefficient (Wildman–Crippen LogP) is 1.88. The van der Waals surface area contributed by atoms with E-state index in [1.165, 1.54) is 13.2 Å². The average Bonchev–Trinajstić information content (AvgIpc) is 2.75. The minimum atomic E-state index is 0.00708. The second-order valence-corrected chi connectivity index (χ2v) is 4.53. The van der Waals surface area contributed by atoms with Crippen LogP contribution in [0, 0.1) is 5.92 Å². The molecule has 1 amide bonds. The Morgan fingerprint density at radius 1 is 1.53 bits per heavy atom. The molecule has 1 heterocycles. The maximum Gasteiger partial charge on any atom is 0.254 e. The number of rotatable bonds is 2. The van der Waals surface area contributed by atoms with Crippen LogP contribution >= 0.6 is 0 Å². The number of benzene rings is 1. The smallest absolute Gasteiger partial charge is 0.254 e. The zero-order valence-electron chi connectivity index (χ0n) is 10.1. The number of carbonyl (C=O) groups excluding carboxylic acids is 1. The van der Waals surface area contributed by atoms with Crippen LogP contribution in [0.25, 0.3) is 0 Å². The van der Waals surface area contributed by atoms with E-state index in [9.17, 15) is 9.90 Å².